The van der Waals surface area contributed by atoms with Crippen LogP contribution >= 0.6 is 11.8 Å². The van der Waals surface area contributed by atoms with Crippen LogP contribution in [0.2, 0.25) is 0 Å². The highest BCUT2D eigenvalue weighted by atomic mass is 32.2. The van der Waals surface area contributed by atoms with Crippen LogP contribution in [0.1, 0.15) is 35.2 Å². The number of carbonyl (C=O) groups is 1. The van der Waals surface area contributed by atoms with Gasteiger partial charge in [-0.1, -0.05) is 12.1 Å². The van der Waals surface area contributed by atoms with Crippen LogP contribution in [-0.4, -0.2) is 40.6 Å². The number of thioether (sulfide) groups is 1. The highest BCUT2D eigenvalue weighted by Crippen LogP contribution is 2.43. The molecule has 0 saturated carbocycles. The van der Waals surface area contributed by atoms with Crippen molar-refractivity contribution in [2.75, 3.05) is 24.6 Å². The summed E-state index contributed by atoms with van der Waals surface area (Å²) in [6.45, 7) is 3.33. The number of nitrogens with zero attached hydrogens (tertiary/aromatic N) is 1. The van der Waals surface area contributed by atoms with Crippen molar-refractivity contribution in [2.45, 2.75) is 25.8 Å². The molecule has 3 nitrogen and oxygen atoms in total. The molecule has 0 aromatic heterocycles. The number of carboxylic acids is 1. The second kappa shape index (κ2) is 5.78. The number of likely N-dealkylation sites (tertiary alicyclic amines) is 1. The molecule has 0 amide bonds. The van der Waals surface area contributed by atoms with Crippen LogP contribution in [0.5, 0.6) is 0 Å². The van der Waals surface area contributed by atoms with Crippen molar-refractivity contribution in [2.24, 2.45) is 5.41 Å². The van der Waals surface area contributed by atoms with E-state index < -0.39 is 5.97 Å². The van der Waals surface area contributed by atoms with Gasteiger partial charge in [0, 0.05) is 18.8 Å². The van der Waals surface area contributed by atoms with Gasteiger partial charge in [-0.3, -0.25) is 4.90 Å². The summed E-state index contributed by atoms with van der Waals surface area (Å²) >= 11 is 2.10. The molecule has 2 aliphatic rings. The highest BCUT2D eigenvalue weighted by Gasteiger charge is 2.38. The van der Waals surface area contributed by atoms with Gasteiger partial charge in [0.2, 0.25) is 0 Å². The zero-order valence-electron chi connectivity index (χ0n) is 11.7. The number of aromatic carboxylic acids is 1. The zero-order valence-corrected chi connectivity index (χ0v) is 12.5. The van der Waals surface area contributed by atoms with Crippen molar-refractivity contribution in [1.29, 1.82) is 0 Å². The van der Waals surface area contributed by atoms with Gasteiger partial charge < -0.3 is 5.11 Å². The zero-order chi connectivity index (χ0) is 14.0. The number of rotatable bonds is 3. The Morgan fingerprint density at radius 3 is 2.75 bits per heavy atom. The van der Waals surface area contributed by atoms with E-state index in [4.69, 9.17) is 5.11 Å². The molecule has 1 spiro atoms. The van der Waals surface area contributed by atoms with Gasteiger partial charge in [-0.2, -0.15) is 11.8 Å². The van der Waals surface area contributed by atoms with Crippen molar-refractivity contribution in [3.63, 3.8) is 0 Å². The maximum absolute atomic E-state index is 10.9. The lowest BCUT2D eigenvalue weighted by molar-refractivity contribution is 0.0697. The Kier molecular flexibility index (Phi) is 4.03. The monoisotopic (exact) mass is 291 g/mol. The fraction of sp³-hybridized carbons (Fsp3) is 0.562. The summed E-state index contributed by atoms with van der Waals surface area (Å²) in [6, 6.07) is 7.33. The van der Waals surface area contributed by atoms with Gasteiger partial charge in [-0.25, -0.2) is 4.79 Å². The SMILES string of the molecule is O=C(O)c1ccc(CN2CCCC3(CCSC3)C2)cc1. The van der Waals surface area contributed by atoms with Crippen LogP contribution in [0.3, 0.4) is 0 Å². The Labute approximate surface area is 124 Å². The van der Waals surface area contributed by atoms with E-state index in [0.29, 0.717) is 11.0 Å². The summed E-state index contributed by atoms with van der Waals surface area (Å²) in [6.07, 6.45) is 4.05. The minimum absolute atomic E-state index is 0.371. The third kappa shape index (κ3) is 3.01. The fourth-order valence-electron chi connectivity index (χ4n) is 3.43. The van der Waals surface area contributed by atoms with E-state index in [1.165, 1.54) is 49.4 Å². The van der Waals surface area contributed by atoms with Crippen molar-refractivity contribution < 1.29 is 9.90 Å². The summed E-state index contributed by atoms with van der Waals surface area (Å²) in [5.41, 5.74) is 2.15. The van der Waals surface area contributed by atoms with Crippen molar-refractivity contribution >= 4 is 17.7 Å². The van der Waals surface area contributed by atoms with Gasteiger partial charge in [0.1, 0.15) is 0 Å². The largest absolute Gasteiger partial charge is 0.478 e. The second-order valence-corrected chi connectivity index (χ2v) is 7.22. The lowest BCUT2D eigenvalue weighted by Crippen LogP contribution is -2.42. The van der Waals surface area contributed by atoms with Crippen LogP contribution in [0.15, 0.2) is 24.3 Å². The molecule has 0 bridgehead atoms. The molecular formula is C16H21NO2S. The Morgan fingerprint density at radius 1 is 1.30 bits per heavy atom. The number of benzene rings is 1. The maximum Gasteiger partial charge on any atom is 0.335 e. The predicted molar refractivity (Wildman–Crippen MR) is 82.3 cm³/mol. The molecule has 1 aromatic carbocycles. The van der Waals surface area contributed by atoms with E-state index in [2.05, 4.69) is 16.7 Å². The lowest BCUT2D eigenvalue weighted by Gasteiger charge is -2.40. The third-order valence-corrected chi connectivity index (χ3v) is 5.84. The quantitative estimate of drug-likeness (QED) is 0.929. The summed E-state index contributed by atoms with van der Waals surface area (Å²) in [4.78, 5) is 13.4. The molecular weight excluding hydrogens is 270 g/mol. The van der Waals surface area contributed by atoms with Crippen LogP contribution < -0.4 is 0 Å². The van der Waals surface area contributed by atoms with E-state index in [1.54, 1.807) is 12.1 Å². The Bertz CT molecular complexity index is 480. The summed E-state index contributed by atoms with van der Waals surface area (Å²) in [7, 11) is 0. The minimum Gasteiger partial charge on any atom is -0.478 e. The second-order valence-electron chi connectivity index (χ2n) is 6.12. The first-order valence-corrected chi connectivity index (χ1v) is 8.45. The third-order valence-electron chi connectivity index (χ3n) is 4.53. The summed E-state index contributed by atoms with van der Waals surface area (Å²) in [5, 5.41) is 8.92. The number of piperidine rings is 1. The van der Waals surface area contributed by atoms with Crippen molar-refractivity contribution in [3.8, 4) is 0 Å². The van der Waals surface area contributed by atoms with Gasteiger partial charge >= 0.3 is 5.97 Å². The Hall–Kier alpha value is -1.00. The molecule has 3 rings (SSSR count). The van der Waals surface area contributed by atoms with Crippen LogP contribution in [0.4, 0.5) is 0 Å². The molecule has 2 heterocycles. The molecule has 2 saturated heterocycles. The van der Waals surface area contributed by atoms with E-state index >= 15 is 0 Å². The topological polar surface area (TPSA) is 40.5 Å². The van der Waals surface area contributed by atoms with E-state index in [0.717, 1.165) is 6.54 Å². The maximum atomic E-state index is 10.9. The minimum atomic E-state index is -0.851. The van der Waals surface area contributed by atoms with Gasteiger partial charge in [0.05, 0.1) is 5.56 Å². The Morgan fingerprint density at radius 2 is 2.10 bits per heavy atom. The molecule has 1 unspecified atom stereocenters. The number of hydrogen-bond acceptors (Lipinski definition) is 3. The molecule has 0 aliphatic carbocycles. The van der Waals surface area contributed by atoms with Gasteiger partial charge in [0.15, 0.2) is 0 Å². The van der Waals surface area contributed by atoms with Crippen molar-refractivity contribution in [1.82, 2.24) is 4.90 Å². The number of hydrogen-bond donors (Lipinski definition) is 1. The van der Waals surface area contributed by atoms with Gasteiger partial charge in [-0.05, 0) is 54.7 Å². The molecule has 108 valence electrons. The first-order chi connectivity index (χ1) is 9.67. The highest BCUT2D eigenvalue weighted by molar-refractivity contribution is 7.99. The average Bonchev–Trinajstić information content (AvgIpc) is 2.87. The normalized spacial score (nSPS) is 27.0. The standard InChI is InChI=1S/C16H21NO2S/c18-15(19)14-4-2-13(3-5-14)10-17-8-1-6-16(11-17)7-9-20-12-16/h2-5H,1,6-12H2,(H,18,19). The molecule has 1 N–H and O–H groups in total. The molecule has 20 heavy (non-hydrogen) atoms. The molecule has 1 aromatic rings. The van der Waals surface area contributed by atoms with Crippen LogP contribution in [0, 0.1) is 5.41 Å². The lowest BCUT2D eigenvalue weighted by atomic mass is 9.79. The van der Waals surface area contributed by atoms with Crippen LogP contribution in [-0.2, 0) is 6.54 Å². The average molecular weight is 291 g/mol. The van der Waals surface area contributed by atoms with E-state index in [-0.39, 0.29) is 0 Å². The van der Waals surface area contributed by atoms with Crippen LogP contribution in [0.25, 0.3) is 0 Å². The molecule has 4 heteroatoms. The van der Waals surface area contributed by atoms with Gasteiger partial charge in [0.25, 0.3) is 0 Å². The first-order valence-electron chi connectivity index (χ1n) is 7.29. The molecule has 0 radical (unpaired) electrons. The first kappa shape index (κ1) is 14.0. The number of carboxylic acid groups (broad SMARTS) is 1. The predicted octanol–water partition coefficient (Wildman–Crippen LogP) is 3.10. The fourth-order valence-corrected chi connectivity index (χ4v) is 4.96. The molecule has 1 atom stereocenters. The van der Waals surface area contributed by atoms with Crippen molar-refractivity contribution in [3.05, 3.63) is 35.4 Å². The molecule has 2 aliphatic heterocycles. The smallest absolute Gasteiger partial charge is 0.335 e. The summed E-state index contributed by atoms with van der Waals surface area (Å²) < 4.78 is 0. The Balaban J connectivity index is 1.63. The molecule has 2 fully saturated rings. The van der Waals surface area contributed by atoms with E-state index in [9.17, 15) is 4.79 Å². The van der Waals surface area contributed by atoms with E-state index in [1.807, 2.05) is 12.1 Å². The summed E-state index contributed by atoms with van der Waals surface area (Å²) in [5.74, 6) is 1.79. The van der Waals surface area contributed by atoms with Gasteiger partial charge in [-0.15, -0.1) is 0 Å².